The molecule has 100 valence electrons. The van der Waals surface area contributed by atoms with Crippen molar-refractivity contribution in [2.75, 3.05) is 6.61 Å². The molecule has 1 fully saturated rings. The Bertz CT molecular complexity index is 349. The lowest BCUT2D eigenvalue weighted by atomic mass is 10.1. The minimum Gasteiger partial charge on any atom is -0.396 e. The van der Waals surface area contributed by atoms with Crippen molar-refractivity contribution < 1.29 is 29.1 Å². The molecule has 1 N–H and O–H groups in total. The van der Waals surface area contributed by atoms with Crippen LogP contribution in [0.3, 0.4) is 0 Å². The molecule has 7 nitrogen and oxygen atoms in total. The lowest BCUT2D eigenvalue weighted by molar-refractivity contribution is -0.197. The highest BCUT2D eigenvalue weighted by Crippen LogP contribution is 2.13. The van der Waals surface area contributed by atoms with Crippen LogP contribution in [0.5, 0.6) is 0 Å². The molecule has 0 spiro atoms. The number of hydroxylamine groups is 2. The molecular weight excluding hydrogens is 242 g/mol. The summed E-state index contributed by atoms with van der Waals surface area (Å²) in [5.74, 6) is -1.90. The van der Waals surface area contributed by atoms with Crippen LogP contribution in [0.25, 0.3) is 0 Å². The Morgan fingerprint density at radius 2 is 1.72 bits per heavy atom. The molecule has 0 bridgehead atoms. The fourth-order valence-corrected chi connectivity index (χ4v) is 1.48. The van der Waals surface area contributed by atoms with Gasteiger partial charge in [-0.05, 0) is 6.42 Å². The summed E-state index contributed by atoms with van der Waals surface area (Å²) in [5.41, 5.74) is 0. The highest BCUT2D eigenvalue weighted by atomic mass is 16.7. The second-order valence-corrected chi connectivity index (χ2v) is 3.91. The zero-order chi connectivity index (χ0) is 13.5. The first-order valence-electron chi connectivity index (χ1n) is 5.73. The monoisotopic (exact) mass is 257 g/mol. The predicted molar refractivity (Wildman–Crippen MR) is 57.7 cm³/mol. The minimum atomic E-state index is -0.713. The van der Waals surface area contributed by atoms with Crippen molar-refractivity contribution in [3.05, 3.63) is 0 Å². The number of aliphatic hydroxyl groups excluding tert-OH is 1. The molecule has 0 saturated carbocycles. The van der Waals surface area contributed by atoms with E-state index in [1.807, 2.05) is 0 Å². The van der Waals surface area contributed by atoms with Crippen LogP contribution in [0.2, 0.25) is 0 Å². The second kappa shape index (κ2) is 6.85. The van der Waals surface area contributed by atoms with Gasteiger partial charge in [0.2, 0.25) is 0 Å². The van der Waals surface area contributed by atoms with E-state index >= 15 is 0 Å². The lowest BCUT2D eigenvalue weighted by Crippen LogP contribution is -2.32. The van der Waals surface area contributed by atoms with Crippen molar-refractivity contribution in [1.29, 1.82) is 0 Å². The first kappa shape index (κ1) is 14.3. The van der Waals surface area contributed by atoms with Crippen LogP contribution in [0.15, 0.2) is 0 Å². The number of ketones is 1. The minimum absolute atomic E-state index is 0.0474. The van der Waals surface area contributed by atoms with Crippen LogP contribution in [0.4, 0.5) is 0 Å². The van der Waals surface area contributed by atoms with Gasteiger partial charge in [-0.25, -0.2) is 4.79 Å². The average molecular weight is 257 g/mol. The predicted octanol–water partition coefficient (Wildman–Crippen LogP) is -0.285. The molecule has 1 aliphatic rings. The third kappa shape index (κ3) is 4.25. The van der Waals surface area contributed by atoms with E-state index in [-0.39, 0.29) is 50.9 Å². The van der Waals surface area contributed by atoms with Crippen molar-refractivity contribution >= 4 is 23.6 Å². The topological polar surface area (TPSA) is 101 Å². The van der Waals surface area contributed by atoms with Gasteiger partial charge in [-0.3, -0.25) is 14.4 Å². The van der Waals surface area contributed by atoms with Crippen LogP contribution in [0, 0.1) is 0 Å². The van der Waals surface area contributed by atoms with Gasteiger partial charge in [0.1, 0.15) is 5.78 Å². The molecule has 0 radical (unpaired) electrons. The summed E-state index contributed by atoms with van der Waals surface area (Å²) in [4.78, 5) is 49.2. The van der Waals surface area contributed by atoms with Crippen molar-refractivity contribution in [3.8, 4) is 0 Å². The van der Waals surface area contributed by atoms with E-state index in [1.54, 1.807) is 0 Å². The Balaban J connectivity index is 2.23. The molecule has 1 saturated heterocycles. The zero-order valence-electron chi connectivity index (χ0n) is 9.89. The Kier molecular flexibility index (Phi) is 5.44. The standard InChI is InChI=1S/C11H15NO6/c13-7-6-8(14)2-1-3-11(17)18-12-9(15)4-5-10(12)16/h13H,1-7H2. The molecule has 0 atom stereocenters. The number of nitrogens with zero attached hydrogens (tertiary/aromatic N) is 1. The molecule has 1 aliphatic heterocycles. The summed E-state index contributed by atoms with van der Waals surface area (Å²) in [6.45, 7) is -0.208. The van der Waals surface area contributed by atoms with Gasteiger partial charge in [-0.2, -0.15) is 0 Å². The normalized spacial score (nSPS) is 15.1. The van der Waals surface area contributed by atoms with Crippen molar-refractivity contribution in [3.63, 3.8) is 0 Å². The van der Waals surface area contributed by atoms with Gasteiger partial charge in [-0.15, -0.1) is 5.06 Å². The van der Waals surface area contributed by atoms with Gasteiger partial charge < -0.3 is 9.94 Å². The number of aliphatic hydroxyl groups is 1. The van der Waals surface area contributed by atoms with E-state index in [1.165, 1.54) is 0 Å². The van der Waals surface area contributed by atoms with E-state index in [2.05, 4.69) is 4.84 Å². The first-order chi connectivity index (χ1) is 8.54. The third-order valence-electron chi connectivity index (χ3n) is 2.43. The molecule has 0 unspecified atom stereocenters. The summed E-state index contributed by atoms with van der Waals surface area (Å²) in [7, 11) is 0. The third-order valence-corrected chi connectivity index (χ3v) is 2.43. The van der Waals surface area contributed by atoms with E-state index in [0.29, 0.717) is 5.06 Å². The molecule has 0 aromatic rings. The first-order valence-corrected chi connectivity index (χ1v) is 5.73. The van der Waals surface area contributed by atoms with Gasteiger partial charge >= 0.3 is 5.97 Å². The Labute approximate surface area is 104 Å². The molecule has 1 heterocycles. The molecule has 0 aromatic heterocycles. The van der Waals surface area contributed by atoms with Gasteiger partial charge in [-0.1, -0.05) is 0 Å². The van der Waals surface area contributed by atoms with Crippen molar-refractivity contribution in [2.24, 2.45) is 0 Å². The van der Waals surface area contributed by atoms with Gasteiger partial charge in [0.05, 0.1) is 0 Å². The molecule has 0 aliphatic carbocycles. The average Bonchev–Trinajstić information content (AvgIpc) is 2.61. The lowest BCUT2D eigenvalue weighted by Gasteiger charge is -2.12. The summed E-state index contributed by atoms with van der Waals surface area (Å²) >= 11 is 0. The smallest absolute Gasteiger partial charge is 0.333 e. The largest absolute Gasteiger partial charge is 0.396 e. The number of amides is 2. The zero-order valence-corrected chi connectivity index (χ0v) is 9.89. The summed E-state index contributed by atoms with van der Waals surface area (Å²) < 4.78 is 0. The van der Waals surface area contributed by atoms with Crippen LogP contribution >= 0.6 is 0 Å². The fraction of sp³-hybridized carbons (Fsp3) is 0.636. The Hall–Kier alpha value is -1.76. The number of hydrogen-bond donors (Lipinski definition) is 1. The van der Waals surface area contributed by atoms with Crippen LogP contribution in [0.1, 0.15) is 38.5 Å². The summed E-state index contributed by atoms with van der Waals surface area (Å²) in [5, 5.41) is 8.98. The molecule has 2 amide bonds. The van der Waals surface area contributed by atoms with E-state index < -0.39 is 17.8 Å². The quantitative estimate of drug-likeness (QED) is 0.629. The van der Waals surface area contributed by atoms with Crippen molar-refractivity contribution in [2.45, 2.75) is 38.5 Å². The van der Waals surface area contributed by atoms with E-state index in [9.17, 15) is 19.2 Å². The molecule has 1 rings (SSSR count). The van der Waals surface area contributed by atoms with Crippen LogP contribution in [-0.4, -0.2) is 40.3 Å². The maximum absolute atomic E-state index is 11.3. The SMILES string of the molecule is O=C(CCO)CCCC(=O)ON1C(=O)CCC1=O. The number of rotatable bonds is 7. The molecule has 0 aromatic carbocycles. The Morgan fingerprint density at radius 1 is 1.11 bits per heavy atom. The maximum Gasteiger partial charge on any atom is 0.333 e. The number of carbonyl (C=O) groups excluding carboxylic acids is 4. The number of hydrogen-bond acceptors (Lipinski definition) is 6. The number of imide groups is 1. The van der Waals surface area contributed by atoms with Crippen LogP contribution in [-0.2, 0) is 24.0 Å². The van der Waals surface area contributed by atoms with Gasteiger partial charge in [0, 0.05) is 38.7 Å². The highest BCUT2D eigenvalue weighted by molar-refractivity contribution is 6.01. The van der Waals surface area contributed by atoms with Crippen molar-refractivity contribution in [1.82, 2.24) is 5.06 Å². The molecule has 7 heteroatoms. The Morgan fingerprint density at radius 3 is 2.28 bits per heavy atom. The maximum atomic E-state index is 11.3. The fourth-order valence-electron chi connectivity index (χ4n) is 1.48. The van der Waals surface area contributed by atoms with E-state index in [4.69, 9.17) is 5.11 Å². The van der Waals surface area contributed by atoms with E-state index in [0.717, 1.165) is 0 Å². The summed E-state index contributed by atoms with van der Waals surface area (Å²) in [6, 6.07) is 0. The summed E-state index contributed by atoms with van der Waals surface area (Å²) in [6.07, 6.45) is 0.569. The highest BCUT2D eigenvalue weighted by Gasteiger charge is 2.32. The molecular formula is C11H15NO6. The number of carbonyl (C=O) groups is 4. The molecule has 18 heavy (non-hydrogen) atoms. The second-order valence-electron chi connectivity index (χ2n) is 3.91. The number of Topliss-reactive ketones (excluding diaryl/α,β-unsaturated/α-hetero) is 1. The van der Waals surface area contributed by atoms with Gasteiger partial charge in [0.15, 0.2) is 0 Å². The van der Waals surface area contributed by atoms with Crippen LogP contribution < -0.4 is 0 Å². The van der Waals surface area contributed by atoms with Gasteiger partial charge in [0.25, 0.3) is 11.8 Å².